The zero-order chi connectivity index (χ0) is 11.9. The van der Waals surface area contributed by atoms with E-state index in [1.807, 2.05) is 6.92 Å². The third kappa shape index (κ3) is 1.60. The van der Waals surface area contributed by atoms with Crippen molar-refractivity contribution < 1.29 is 14.4 Å². The molecule has 0 N–H and O–H groups in total. The molecule has 0 bridgehead atoms. The van der Waals surface area contributed by atoms with E-state index in [0.29, 0.717) is 0 Å². The van der Waals surface area contributed by atoms with E-state index >= 15 is 0 Å². The van der Waals surface area contributed by atoms with Gasteiger partial charge in [0.2, 0.25) is 11.8 Å². The molecule has 84 valence electrons. The van der Waals surface area contributed by atoms with Crippen LogP contribution in [0.25, 0.3) is 0 Å². The van der Waals surface area contributed by atoms with E-state index < -0.39 is 11.8 Å². The summed E-state index contributed by atoms with van der Waals surface area (Å²) >= 11 is 0. The highest BCUT2D eigenvalue weighted by atomic mass is 16.2. The van der Waals surface area contributed by atoms with Gasteiger partial charge in [0.05, 0.1) is 11.8 Å². The number of likely N-dealkylation sites (tertiary alicyclic amines) is 1. The molecule has 1 aliphatic carbocycles. The minimum Gasteiger partial charge on any atom is -0.294 e. The van der Waals surface area contributed by atoms with Crippen molar-refractivity contribution in [3.8, 4) is 0 Å². The second kappa shape index (κ2) is 3.70. The fourth-order valence-electron chi connectivity index (χ4n) is 2.12. The summed E-state index contributed by atoms with van der Waals surface area (Å²) in [6.45, 7) is 1.88. The molecule has 2 aliphatic rings. The van der Waals surface area contributed by atoms with Gasteiger partial charge in [-0.1, -0.05) is 17.7 Å². The molecule has 1 saturated heterocycles. The first-order valence-electron chi connectivity index (χ1n) is 5.21. The third-order valence-corrected chi connectivity index (χ3v) is 3.13. The van der Waals surface area contributed by atoms with Crippen molar-refractivity contribution >= 4 is 17.6 Å². The monoisotopic (exact) mass is 219 g/mol. The van der Waals surface area contributed by atoms with Crippen LogP contribution in [0.15, 0.2) is 23.8 Å². The summed E-state index contributed by atoms with van der Waals surface area (Å²) in [5.41, 5.74) is 0.958. The van der Waals surface area contributed by atoms with E-state index in [1.165, 1.54) is 13.1 Å². The van der Waals surface area contributed by atoms with E-state index in [4.69, 9.17) is 0 Å². The Hall–Kier alpha value is -1.71. The molecule has 4 nitrogen and oxygen atoms in total. The molecular formula is C12H13NO3. The van der Waals surface area contributed by atoms with Crippen LogP contribution in [0, 0.1) is 11.8 Å². The number of imide groups is 1. The summed E-state index contributed by atoms with van der Waals surface area (Å²) < 4.78 is 0. The van der Waals surface area contributed by atoms with Gasteiger partial charge in [0.15, 0.2) is 5.78 Å². The zero-order valence-electron chi connectivity index (χ0n) is 9.27. The lowest BCUT2D eigenvalue weighted by Gasteiger charge is -2.18. The van der Waals surface area contributed by atoms with Gasteiger partial charge in [-0.05, 0) is 13.0 Å². The summed E-state index contributed by atoms with van der Waals surface area (Å²) in [7, 11) is 1.46. The Morgan fingerprint density at radius 3 is 2.50 bits per heavy atom. The molecule has 1 fully saturated rings. The minimum absolute atomic E-state index is 0.0907. The molecule has 4 heteroatoms. The number of hydrogen-bond donors (Lipinski definition) is 0. The van der Waals surface area contributed by atoms with Crippen molar-refractivity contribution in [2.75, 3.05) is 7.05 Å². The third-order valence-electron chi connectivity index (χ3n) is 3.13. The molecule has 0 aromatic rings. The van der Waals surface area contributed by atoms with Crippen molar-refractivity contribution in [3.05, 3.63) is 23.8 Å². The highest BCUT2D eigenvalue weighted by molar-refractivity contribution is 6.07. The predicted octanol–water partition coefficient (Wildman–Crippen LogP) is 0.693. The number of amides is 2. The van der Waals surface area contributed by atoms with Crippen LogP contribution in [0.4, 0.5) is 0 Å². The van der Waals surface area contributed by atoms with Gasteiger partial charge in [0.1, 0.15) is 0 Å². The van der Waals surface area contributed by atoms with Crippen molar-refractivity contribution in [1.29, 1.82) is 0 Å². The largest absolute Gasteiger partial charge is 0.294 e. The SMILES string of the molecule is CC1=C[C@@H](C2CC(=O)N(C)C2=O)C(=O)C=C1. The maximum absolute atomic E-state index is 11.8. The number of rotatable bonds is 1. The van der Waals surface area contributed by atoms with Crippen LogP contribution < -0.4 is 0 Å². The van der Waals surface area contributed by atoms with E-state index in [2.05, 4.69) is 0 Å². The van der Waals surface area contributed by atoms with E-state index in [-0.39, 0.29) is 24.0 Å². The van der Waals surface area contributed by atoms with Gasteiger partial charge >= 0.3 is 0 Å². The fraction of sp³-hybridized carbons (Fsp3) is 0.417. The second-order valence-corrected chi connectivity index (χ2v) is 4.27. The molecule has 2 amide bonds. The maximum atomic E-state index is 11.8. The van der Waals surface area contributed by atoms with Crippen LogP contribution >= 0.6 is 0 Å². The molecule has 16 heavy (non-hydrogen) atoms. The van der Waals surface area contributed by atoms with E-state index in [9.17, 15) is 14.4 Å². The number of carbonyl (C=O) groups is 3. The molecular weight excluding hydrogens is 206 g/mol. The van der Waals surface area contributed by atoms with Crippen molar-refractivity contribution in [3.63, 3.8) is 0 Å². The van der Waals surface area contributed by atoms with Crippen LogP contribution in [0.3, 0.4) is 0 Å². The fourth-order valence-corrected chi connectivity index (χ4v) is 2.12. The van der Waals surface area contributed by atoms with Gasteiger partial charge in [0.25, 0.3) is 0 Å². The van der Waals surface area contributed by atoms with E-state index in [0.717, 1.165) is 10.5 Å². The summed E-state index contributed by atoms with van der Waals surface area (Å²) in [6, 6.07) is 0. The lowest BCUT2D eigenvalue weighted by molar-refractivity contribution is -0.139. The molecule has 0 aromatic carbocycles. The van der Waals surface area contributed by atoms with Gasteiger partial charge in [-0.25, -0.2) is 0 Å². The molecule has 1 heterocycles. The first-order chi connectivity index (χ1) is 7.50. The number of hydrogen-bond acceptors (Lipinski definition) is 3. The molecule has 2 rings (SSSR count). The standard InChI is InChI=1S/C12H13NO3/c1-7-3-4-10(14)8(5-7)9-6-11(15)13(2)12(9)16/h3-5,8-9H,6H2,1-2H3/t8-,9?/m0/s1. The van der Waals surface area contributed by atoms with Crippen LogP contribution in [0.2, 0.25) is 0 Å². The normalized spacial score (nSPS) is 30.0. The Balaban J connectivity index is 2.27. The molecule has 0 radical (unpaired) electrons. The molecule has 0 saturated carbocycles. The Labute approximate surface area is 93.6 Å². The van der Waals surface area contributed by atoms with Gasteiger partial charge in [0, 0.05) is 13.5 Å². The highest BCUT2D eigenvalue weighted by Gasteiger charge is 2.42. The van der Waals surface area contributed by atoms with Crippen LogP contribution in [0.5, 0.6) is 0 Å². The van der Waals surface area contributed by atoms with Crippen LogP contribution in [-0.4, -0.2) is 29.5 Å². The van der Waals surface area contributed by atoms with E-state index in [1.54, 1.807) is 12.2 Å². The minimum atomic E-state index is -0.509. The smallest absolute Gasteiger partial charge is 0.233 e. The Morgan fingerprint density at radius 2 is 1.94 bits per heavy atom. The highest BCUT2D eigenvalue weighted by Crippen LogP contribution is 2.30. The average molecular weight is 219 g/mol. The summed E-state index contributed by atoms with van der Waals surface area (Å²) in [4.78, 5) is 35.9. The van der Waals surface area contributed by atoms with Gasteiger partial charge in [-0.15, -0.1) is 0 Å². The molecule has 0 spiro atoms. The topological polar surface area (TPSA) is 54.5 Å². The van der Waals surface area contributed by atoms with Gasteiger partial charge in [-0.3, -0.25) is 19.3 Å². The second-order valence-electron chi connectivity index (χ2n) is 4.27. The molecule has 1 unspecified atom stereocenters. The average Bonchev–Trinajstić information content (AvgIpc) is 2.50. The Kier molecular flexibility index (Phi) is 2.50. The molecule has 0 aromatic heterocycles. The van der Waals surface area contributed by atoms with Crippen LogP contribution in [-0.2, 0) is 14.4 Å². The summed E-state index contributed by atoms with van der Waals surface area (Å²) in [6.07, 6.45) is 5.13. The number of ketones is 1. The molecule has 2 atom stereocenters. The first-order valence-corrected chi connectivity index (χ1v) is 5.21. The maximum Gasteiger partial charge on any atom is 0.233 e. The zero-order valence-corrected chi connectivity index (χ0v) is 9.27. The number of allylic oxidation sites excluding steroid dienone is 4. The van der Waals surface area contributed by atoms with Crippen molar-refractivity contribution in [2.24, 2.45) is 11.8 Å². The predicted molar refractivity (Wildman–Crippen MR) is 57.3 cm³/mol. The van der Waals surface area contributed by atoms with Gasteiger partial charge in [-0.2, -0.15) is 0 Å². The quantitative estimate of drug-likeness (QED) is 0.610. The number of carbonyl (C=O) groups excluding carboxylic acids is 3. The summed E-state index contributed by atoms with van der Waals surface area (Å²) in [5, 5.41) is 0. The Bertz CT molecular complexity index is 434. The van der Waals surface area contributed by atoms with Crippen LogP contribution in [0.1, 0.15) is 13.3 Å². The van der Waals surface area contributed by atoms with Crippen molar-refractivity contribution in [1.82, 2.24) is 4.90 Å². The molecule has 1 aliphatic heterocycles. The number of nitrogens with zero attached hydrogens (tertiary/aromatic N) is 1. The Morgan fingerprint density at radius 1 is 1.25 bits per heavy atom. The van der Waals surface area contributed by atoms with Gasteiger partial charge < -0.3 is 0 Å². The summed E-state index contributed by atoms with van der Waals surface area (Å²) in [5.74, 6) is -1.52. The first kappa shape index (κ1) is 10.8. The lowest BCUT2D eigenvalue weighted by atomic mass is 9.83. The lowest BCUT2D eigenvalue weighted by Crippen LogP contribution is -2.31. The van der Waals surface area contributed by atoms with Crippen molar-refractivity contribution in [2.45, 2.75) is 13.3 Å².